The number of sulfone groups is 1. The van der Waals surface area contributed by atoms with Crippen molar-refractivity contribution in [1.82, 2.24) is 19.7 Å². The molecule has 0 saturated carbocycles. The summed E-state index contributed by atoms with van der Waals surface area (Å²) in [5.74, 6) is 0.628. The van der Waals surface area contributed by atoms with Crippen molar-refractivity contribution in [3.05, 3.63) is 66.6 Å². The highest BCUT2D eigenvalue weighted by atomic mass is 32.2. The third kappa shape index (κ3) is 3.14. The van der Waals surface area contributed by atoms with Gasteiger partial charge < -0.3 is 0 Å². The van der Waals surface area contributed by atoms with E-state index in [1.54, 1.807) is 12.4 Å². The van der Waals surface area contributed by atoms with Crippen molar-refractivity contribution >= 4 is 9.84 Å². The largest absolute Gasteiger partial charge is 0.297 e. The minimum absolute atomic E-state index is 0.193. The third-order valence-corrected chi connectivity index (χ3v) is 8.11. The lowest BCUT2D eigenvalue weighted by Gasteiger charge is -2.16. The normalized spacial score (nSPS) is 23.7. The van der Waals surface area contributed by atoms with Gasteiger partial charge in [-0.3, -0.25) is 9.88 Å². The van der Waals surface area contributed by atoms with Gasteiger partial charge in [0.25, 0.3) is 0 Å². The molecule has 0 spiro atoms. The van der Waals surface area contributed by atoms with Crippen LogP contribution in [0.2, 0.25) is 0 Å². The van der Waals surface area contributed by atoms with Crippen molar-refractivity contribution in [3.8, 4) is 16.9 Å². The Morgan fingerprint density at radius 3 is 2.57 bits per heavy atom. The fourth-order valence-electron chi connectivity index (χ4n) is 4.44. The maximum Gasteiger partial charge on any atom is 0.154 e. The number of fused-ring (bicyclic) bond motifs is 1. The molecule has 0 aliphatic carbocycles. The number of likely N-dealkylation sites (tertiary alicyclic amines) is 1. The fraction of sp³-hybridized carbons (Fsp3) is 0.333. The highest BCUT2D eigenvalue weighted by Gasteiger charge is 2.46. The summed E-state index contributed by atoms with van der Waals surface area (Å²) in [7, 11) is -2.92. The Labute approximate surface area is 164 Å². The number of hydrogen-bond acceptors (Lipinski definition) is 5. The predicted octanol–water partition coefficient (Wildman–Crippen LogP) is 2.55. The van der Waals surface area contributed by atoms with Gasteiger partial charge in [0.05, 0.1) is 22.4 Å². The molecule has 0 bridgehead atoms. The summed E-state index contributed by atoms with van der Waals surface area (Å²) in [6.45, 7) is 2.17. The first-order valence-corrected chi connectivity index (χ1v) is 11.3. The first-order chi connectivity index (χ1) is 13.6. The summed E-state index contributed by atoms with van der Waals surface area (Å²) in [4.78, 5) is 6.38. The first kappa shape index (κ1) is 17.6. The number of para-hydroxylation sites is 1. The fourth-order valence-corrected chi connectivity index (χ4v) is 6.62. The van der Waals surface area contributed by atoms with Crippen LogP contribution in [-0.4, -0.2) is 52.2 Å². The summed E-state index contributed by atoms with van der Waals surface area (Å²) in [6, 6.07) is 14.0. The number of nitrogens with zero attached hydrogens (tertiary/aromatic N) is 4. The minimum atomic E-state index is -2.92. The molecule has 0 unspecified atom stereocenters. The van der Waals surface area contributed by atoms with Gasteiger partial charge in [-0.15, -0.1) is 0 Å². The maximum absolute atomic E-state index is 12.3. The molecule has 144 valence electrons. The molecule has 7 heteroatoms. The van der Waals surface area contributed by atoms with E-state index >= 15 is 0 Å². The van der Waals surface area contributed by atoms with Gasteiger partial charge in [-0.2, -0.15) is 5.10 Å². The predicted molar refractivity (Wildman–Crippen MR) is 108 cm³/mol. The van der Waals surface area contributed by atoms with Crippen molar-refractivity contribution in [2.75, 3.05) is 18.8 Å². The Kier molecular flexibility index (Phi) is 4.29. The molecule has 5 rings (SSSR count). The Morgan fingerprint density at radius 2 is 1.82 bits per heavy atom. The SMILES string of the molecule is O=S1(=O)CC[C@H]2CN(Cc3cn(-c4ccccc4)nc3-c3ccncc3)C[C@H]21. The Hall–Kier alpha value is -2.51. The zero-order valence-corrected chi connectivity index (χ0v) is 16.3. The molecule has 0 N–H and O–H groups in total. The lowest BCUT2D eigenvalue weighted by molar-refractivity contribution is 0.314. The molecule has 6 nitrogen and oxygen atoms in total. The maximum atomic E-state index is 12.3. The van der Waals surface area contributed by atoms with E-state index in [1.165, 1.54) is 0 Å². The summed E-state index contributed by atoms with van der Waals surface area (Å²) in [5.41, 5.74) is 4.05. The molecule has 2 saturated heterocycles. The lowest BCUT2D eigenvalue weighted by atomic mass is 10.1. The van der Waals surface area contributed by atoms with Gasteiger partial charge in [0.15, 0.2) is 9.84 Å². The molecular formula is C21H22N4O2S. The number of benzene rings is 1. The molecule has 0 radical (unpaired) electrons. The molecule has 4 heterocycles. The average molecular weight is 395 g/mol. The highest BCUT2D eigenvalue weighted by molar-refractivity contribution is 7.92. The van der Waals surface area contributed by atoms with Gasteiger partial charge in [0, 0.05) is 49.4 Å². The zero-order valence-electron chi connectivity index (χ0n) is 15.5. The number of pyridine rings is 1. The van der Waals surface area contributed by atoms with Crippen molar-refractivity contribution in [2.45, 2.75) is 18.2 Å². The quantitative estimate of drug-likeness (QED) is 0.680. The standard InChI is InChI=1S/C21H22N4O2S/c26-28(27)11-8-17-12-24(15-20(17)28)13-18-14-25(19-4-2-1-3-5-19)23-21(18)16-6-9-22-10-7-16/h1-7,9-10,14,17,20H,8,11-13,15H2/t17-,20+/m0/s1. The van der Waals surface area contributed by atoms with Crippen LogP contribution < -0.4 is 0 Å². The van der Waals surface area contributed by atoms with E-state index in [0.29, 0.717) is 18.8 Å². The van der Waals surface area contributed by atoms with Gasteiger partial charge in [0.2, 0.25) is 0 Å². The van der Waals surface area contributed by atoms with Crippen molar-refractivity contribution in [2.24, 2.45) is 5.92 Å². The average Bonchev–Trinajstić information content (AvgIpc) is 3.39. The van der Waals surface area contributed by atoms with E-state index in [4.69, 9.17) is 5.10 Å². The second-order valence-corrected chi connectivity index (χ2v) is 10.0. The van der Waals surface area contributed by atoms with E-state index in [1.807, 2.05) is 47.1 Å². The van der Waals surface area contributed by atoms with Crippen LogP contribution in [0.3, 0.4) is 0 Å². The third-order valence-electron chi connectivity index (χ3n) is 5.85. The monoisotopic (exact) mass is 394 g/mol. The molecule has 28 heavy (non-hydrogen) atoms. The van der Waals surface area contributed by atoms with Crippen LogP contribution in [0.4, 0.5) is 0 Å². The van der Waals surface area contributed by atoms with Gasteiger partial charge in [0.1, 0.15) is 0 Å². The second kappa shape index (κ2) is 6.83. The highest BCUT2D eigenvalue weighted by Crippen LogP contribution is 2.35. The van der Waals surface area contributed by atoms with E-state index in [9.17, 15) is 8.42 Å². The van der Waals surface area contributed by atoms with E-state index in [2.05, 4.69) is 16.1 Å². The summed E-state index contributed by atoms with van der Waals surface area (Å²) in [5, 5.41) is 4.64. The molecular weight excluding hydrogens is 372 g/mol. The molecule has 1 aromatic carbocycles. The van der Waals surface area contributed by atoms with E-state index in [0.717, 1.165) is 35.5 Å². The van der Waals surface area contributed by atoms with Crippen molar-refractivity contribution in [1.29, 1.82) is 0 Å². The molecule has 3 aromatic rings. The molecule has 2 fully saturated rings. The van der Waals surface area contributed by atoms with Crippen LogP contribution in [0.5, 0.6) is 0 Å². The van der Waals surface area contributed by atoms with Crippen LogP contribution >= 0.6 is 0 Å². The zero-order chi connectivity index (χ0) is 19.1. The summed E-state index contributed by atoms with van der Waals surface area (Å²) >= 11 is 0. The number of aromatic nitrogens is 3. The van der Waals surface area contributed by atoms with Crippen LogP contribution in [0.15, 0.2) is 61.1 Å². The van der Waals surface area contributed by atoms with Gasteiger partial charge in [-0.25, -0.2) is 13.1 Å². The lowest BCUT2D eigenvalue weighted by Crippen LogP contribution is -2.26. The Balaban J connectivity index is 1.47. The smallest absolute Gasteiger partial charge is 0.154 e. The molecule has 2 atom stereocenters. The van der Waals surface area contributed by atoms with Crippen molar-refractivity contribution in [3.63, 3.8) is 0 Å². The van der Waals surface area contributed by atoms with Gasteiger partial charge in [-0.1, -0.05) is 18.2 Å². The van der Waals surface area contributed by atoms with Crippen LogP contribution in [-0.2, 0) is 16.4 Å². The Bertz CT molecular complexity index is 1080. The Morgan fingerprint density at radius 1 is 1.04 bits per heavy atom. The van der Waals surface area contributed by atoms with Crippen LogP contribution in [0.25, 0.3) is 16.9 Å². The number of hydrogen-bond donors (Lipinski definition) is 0. The molecule has 0 amide bonds. The molecule has 2 aliphatic rings. The molecule has 2 aromatic heterocycles. The summed E-state index contributed by atoms with van der Waals surface area (Å²) < 4.78 is 26.4. The summed E-state index contributed by atoms with van der Waals surface area (Å²) in [6.07, 6.45) is 6.40. The van der Waals surface area contributed by atoms with Gasteiger partial charge in [-0.05, 0) is 36.6 Å². The van der Waals surface area contributed by atoms with Crippen molar-refractivity contribution < 1.29 is 8.42 Å². The number of rotatable bonds is 4. The van der Waals surface area contributed by atoms with Crippen LogP contribution in [0, 0.1) is 5.92 Å². The van der Waals surface area contributed by atoms with Crippen LogP contribution in [0.1, 0.15) is 12.0 Å². The topological polar surface area (TPSA) is 68.1 Å². The first-order valence-electron chi connectivity index (χ1n) is 9.58. The van der Waals surface area contributed by atoms with E-state index in [-0.39, 0.29) is 11.2 Å². The van der Waals surface area contributed by atoms with E-state index < -0.39 is 9.84 Å². The minimum Gasteiger partial charge on any atom is -0.297 e. The second-order valence-electron chi connectivity index (χ2n) is 7.67. The molecule has 2 aliphatic heterocycles. The van der Waals surface area contributed by atoms with Gasteiger partial charge >= 0.3 is 0 Å².